The van der Waals surface area contributed by atoms with Gasteiger partial charge in [0.25, 0.3) is 0 Å². The van der Waals surface area contributed by atoms with Crippen molar-refractivity contribution in [3.8, 4) is 5.75 Å². The molecule has 0 atom stereocenters. The first kappa shape index (κ1) is 12.2. The Hall–Kier alpha value is -2.30. The summed E-state index contributed by atoms with van der Waals surface area (Å²) in [4.78, 5) is 11.1. The Labute approximate surface area is 105 Å². The molecule has 0 saturated carbocycles. The molecule has 0 aliphatic heterocycles. The third-order valence-corrected chi connectivity index (χ3v) is 2.76. The van der Waals surface area contributed by atoms with Crippen molar-refractivity contribution in [2.45, 2.75) is 13.5 Å². The molecule has 0 saturated heterocycles. The summed E-state index contributed by atoms with van der Waals surface area (Å²) in [5, 5.41) is 13.3. The molecule has 2 rings (SSSR count). The highest BCUT2D eigenvalue weighted by Gasteiger charge is 2.12. The van der Waals surface area contributed by atoms with Gasteiger partial charge >= 0.3 is 5.97 Å². The number of benzene rings is 1. The molecule has 5 heteroatoms. The van der Waals surface area contributed by atoms with Gasteiger partial charge in [-0.1, -0.05) is 6.07 Å². The fraction of sp³-hybridized carbons (Fsp3) is 0.231. The SMILES string of the molecule is COc1ccc(Cn2nccc2C)cc1C(=O)O. The lowest BCUT2D eigenvalue weighted by Crippen LogP contribution is -2.06. The highest BCUT2D eigenvalue weighted by atomic mass is 16.5. The smallest absolute Gasteiger partial charge is 0.339 e. The molecule has 18 heavy (non-hydrogen) atoms. The molecule has 0 fully saturated rings. The van der Waals surface area contributed by atoms with Crippen molar-refractivity contribution in [2.24, 2.45) is 0 Å². The van der Waals surface area contributed by atoms with E-state index in [2.05, 4.69) is 5.10 Å². The molecule has 1 aromatic heterocycles. The van der Waals surface area contributed by atoms with E-state index >= 15 is 0 Å². The highest BCUT2D eigenvalue weighted by Crippen LogP contribution is 2.20. The van der Waals surface area contributed by atoms with Gasteiger partial charge in [0.1, 0.15) is 11.3 Å². The van der Waals surface area contributed by atoms with Crippen molar-refractivity contribution in [3.05, 3.63) is 47.3 Å². The van der Waals surface area contributed by atoms with E-state index in [4.69, 9.17) is 9.84 Å². The van der Waals surface area contributed by atoms with Gasteiger partial charge in [-0.3, -0.25) is 4.68 Å². The van der Waals surface area contributed by atoms with Crippen LogP contribution in [0, 0.1) is 6.92 Å². The van der Waals surface area contributed by atoms with E-state index in [9.17, 15) is 4.79 Å². The van der Waals surface area contributed by atoms with Gasteiger partial charge in [-0.25, -0.2) is 4.79 Å². The van der Waals surface area contributed by atoms with Crippen LogP contribution in [0.25, 0.3) is 0 Å². The number of carbonyl (C=O) groups is 1. The van der Waals surface area contributed by atoms with Crippen LogP contribution in [0.2, 0.25) is 0 Å². The average Bonchev–Trinajstić information content (AvgIpc) is 2.75. The minimum absolute atomic E-state index is 0.166. The van der Waals surface area contributed by atoms with Gasteiger partial charge in [0.2, 0.25) is 0 Å². The third kappa shape index (κ3) is 2.34. The van der Waals surface area contributed by atoms with Crippen molar-refractivity contribution >= 4 is 5.97 Å². The third-order valence-electron chi connectivity index (χ3n) is 2.76. The fourth-order valence-electron chi connectivity index (χ4n) is 1.76. The minimum atomic E-state index is -0.995. The molecule has 0 unspecified atom stereocenters. The summed E-state index contributed by atoms with van der Waals surface area (Å²) in [5.74, 6) is -0.630. The van der Waals surface area contributed by atoms with E-state index in [0.29, 0.717) is 12.3 Å². The molecule has 1 heterocycles. The number of hydrogen-bond donors (Lipinski definition) is 1. The summed E-state index contributed by atoms with van der Waals surface area (Å²) in [5.41, 5.74) is 2.07. The quantitative estimate of drug-likeness (QED) is 0.895. The first-order chi connectivity index (χ1) is 8.61. The first-order valence-corrected chi connectivity index (χ1v) is 5.50. The van der Waals surface area contributed by atoms with E-state index in [1.807, 2.05) is 23.7 Å². The van der Waals surface area contributed by atoms with Crippen LogP contribution in [0.3, 0.4) is 0 Å². The summed E-state index contributed by atoms with van der Waals surface area (Å²) >= 11 is 0. The van der Waals surface area contributed by atoms with E-state index < -0.39 is 5.97 Å². The Morgan fingerprint density at radius 3 is 2.78 bits per heavy atom. The van der Waals surface area contributed by atoms with Gasteiger partial charge < -0.3 is 9.84 Å². The number of aromatic carboxylic acids is 1. The van der Waals surface area contributed by atoms with Gasteiger partial charge in [0.05, 0.1) is 13.7 Å². The van der Waals surface area contributed by atoms with Crippen LogP contribution in [0.15, 0.2) is 30.5 Å². The topological polar surface area (TPSA) is 64.4 Å². The van der Waals surface area contributed by atoms with Crippen molar-refractivity contribution in [1.29, 1.82) is 0 Å². The molecule has 5 nitrogen and oxygen atoms in total. The van der Waals surface area contributed by atoms with E-state index in [1.54, 1.807) is 18.3 Å². The predicted molar refractivity (Wildman–Crippen MR) is 66.0 cm³/mol. The maximum absolute atomic E-state index is 11.1. The number of ether oxygens (including phenoxy) is 1. The van der Waals surface area contributed by atoms with Gasteiger partial charge in [-0.15, -0.1) is 0 Å². The lowest BCUT2D eigenvalue weighted by atomic mass is 10.1. The molecular formula is C13H14N2O3. The van der Waals surface area contributed by atoms with Crippen molar-refractivity contribution in [2.75, 3.05) is 7.11 Å². The Balaban J connectivity index is 2.33. The van der Waals surface area contributed by atoms with Crippen LogP contribution in [0.5, 0.6) is 5.75 Å². The van der Waals surface area contributed by atoms with Crippen molar-refractivity contribution < 1.29 is 14.6 Å². The molecule has 94 valence electrons. The predicted octanol–water partition coefficient (Wildman–Crippen LogP) is 1.95. The summed E-state index contributed by atoms with van der Waals surface area (Å²) in [6.07, 6.45) is 1.72. The van der Waals surface area contributed by atoms with Crippen LogP contribution in [0.1, 0.15) is 21.6 Å². The standard InChI is InChI=1S/C13H14N2O3/c1-9-5-6-14-15(9)8-10-3-4-12(18-2)11(7-10)13(16)17/h3-7H,8H2,1-2H3,(H,16,17). The highest BCUT2D eigenvalue weighted by molar-refractivity contribution is 5.91. The Kier molecular flexibility index (Phi) is 3.32. The summed E-state index contributed by atoms with van der Waals surface area (Å²) in [7, 11) is 1.46. The van der Waals surface area contributed by atoms with Crippen LogP contribution >= 0.6 is 0 Å². The zero-order chi connectivity index (χ0) is 13.1. The Morgan fingerprint density at radius 2 is 2.22 bits per heavy atom. The molecule has 2 aromatic rings. The van der Waals surface area contributed by atoms with Gasteiger partial charge in [-0.05, 0) is 30.7 Å². The molecule has 0 radical (unpaired) electrons. The maximum atomic E-state index is 11.1. The molecule has 0 amide bonds. The average molecular weight is 246 g/mol. The van der Waals surface area contributed by atoms with Crippen LogP contribution in [-0.2, 0) is 6.54 Å². The summed E-state index contributed by atoms with van der Waals surface area (Å²) < 4.78 is 6.83. The second-order valence-corrected chi connectivity index (χ2v) is 3.97. The number of carboxylic acid groups (broad SMARTS) is 1. The summed E-state index contributed by atoms with van der Waals surface area (Å²) in [6, 6.07) is 7.02. The minimum Gasteiger partial charge on any atom is -0.496 e. The van der Waals surface area contributed by atoms with Gasteiger partial charge in [0, 0.05) is 11.9 Å². The van der Waals surface area contributed by atoms with Gasteiger partial charge in [0.15, 0.2) is 0 Å². The number of aryl methyl sites for hydroxylation is 1. The zero-order valence-corrected chi connectivity index (χ0v) is 10.3. The monoisotopic (exact) mass is 246 g/mol. The second kappa shape index (κ2) is 4.91. The first-order valence-electron chi connectivity index (χ1n) is 5.50. The van der Waals surface area contributed by atoms with E-state index in [0.717, 1.165) is 11.3 Å². The number of nitrogens with zero attached hydrogens (tertiary/aromatic N) is 2. The lowest BCUT2D eigenvalue weighted by molar-refractivity contribution is 0.0693. The normalized spacial score (nSPS) is 10.3. The number of aromatic nitrogens is 2. The molecule has 0 aliphatic rings. The second-order valence-electron chi connectivity index (χ2n) is 3.97. The Morgan fingerprint density at radius 1 is 1.44 bits per heavy atom. The van der Waals surface area contributed by atoms with Crippen LogP contribution < -0.4 is 4.74 Å². The van der Waals surface area contributed by atoms with Crippen LogP contribution in [-0.4, -0.2) is 28.0 Å². The molecule has 0 spiro atoms. The van der Waals surface area contributed by atoms with Crippen LogP contribution in [0.4, 0.5) is 0 Å². The Bertz CT molecular complexity index is 575. The van der Waals surface area contributed by atoms with Crippen molar-refractivity contribution in [1.82, 2.24) is 9.78 Å². The maximum Gasteiger partial charge on any atom is 0.339 e. The lowest BCUT2D eigenvalue weighted by Gasteiger charge is -2.09. The number of methoxy groups -OCH3 is 1. The fourth-order valence-corrected chi connectivity index (χ4v) is 1.76. The van der Waals surface area contributed by atoms with Crippen molar-refractivity contribution in [3.63, 3.8) is 0 Å². The molecule has 0 aliphatic carbocycles. The largest absolute Gasteiger partial charge is 0.496 e. The number of carboxylic acids is 1. The number of hydrogen-bond acceptors (Lipinski definition) is 3. The van der Waals surface area contributed by atoms with E-state index in [1.165, 1.54) is 7.11 Å². The van der Waals surface area contributed by atoms with Gasteiger partial charge in [-0.2, -0.15) is 5.10 Å². The van der Waals surface area contributed by atoms with E-state index in [-0.39, 0.29) is 5.56 Å². The molecule has 1 aromatic carbocycles. The zero-order valence-electron chi connectivity index (χ0n) is 10.3. The molecule has 1 N–H and O–H groups in total. The number of rotatable bonds is 4. The summed E-state index contributed by atoms with van der Waals surface area (Å²) in [6.45, 7) is 2.50. The molecular weight excluding hydrogens is 232 g/mol. The molecule has 0 bridgehead atoms.